The predicted molar refractivity (Wildman–Crippen MR) is 81.2 cm³/mol. The molecular weight excluding hydrogens is 274 g/mol. The van der Waals surface area contributed by atoms with Crippen LogP contribution in [0.25, 0.3) is 0 Å². The van der Waals surface area contributed by atoms with Crippen LogP contribution in [0.15, 0.2) is 18.2 Å². The van der Waals surface area contributed by atoms with Gasteiger partial charge >= 0.3 is 0 Å². The van der Waals surface area contributed by atoms with E-state index in [1.165, 1.54) is 12.1 Å². The Labute approximate surface area is 126 Å². The Balaban J connectivity index is 2.56. The van der Waals surface area contributed by atoms with E-state index in [1.54, 1.807) is 0 Å². The van der Waals surface area contributed by atoms with Gasteiger partial charge in [0.2, 0.25) is 0 Å². The van der Waals surface area contributed by atoms with Gasteiger partial charge in [0, 0.05) is 25.2 Å². The Bertz CT molecular complexity index is 427. The average Bonchev–Trinajstić information content (AvgIpc) is 2.44. The van der Waals surface area contributed by atoms with Gasteiger partial charge in [-0.15, -0.1) is 0 Å². The van der Waals surface area contributed by atoms with Crippen molar-refractivity contribution in [2.45, 2.75) is 25.9 Å². The second-order valence-corrected chi connectivity index (χ2v) is 5.59. The zero-order valence-corrected chi connectivity index (χ0v) is 13.1. The molecule has 1 unspecified atom stereocenters. The van der Waals surface area contributed by atoms with E-state index in [2.05, 4.69) is 16.7 Å². The van der Waals surface area contributed by atoms with E-state index in [-0.39, 0.29) is 5.56 Å². The monoisotopic (exact) mass is 300 g/mol. The summed E-state index contributed by atoms with van der Waals surface area (Å²) in [4.78, 5) is 4.34. The minimum Gasteiger partial charge on any atom is -0.388 e. The van der Waals surface area contributed by atoms with Crippen molar-refractivity contribution in [1.82, 2.24) is 9.80 Å². The molecule has 0 spiro atoms. The first-order chi connectivity index (χ1) is 9.95. The molecule has 0 aliphatic rings. The van der Waals surface area contributed by atoms with Gasteiger partial charge < -0.3 is 14.9 Å². The lowest BCUT2D eigenvalue weighted by atomic mass is 10.1. The van der Waals surface area contributed by atoms with Gasteiger partial charge in [-0.05, 0) is 39.5 Å². The summed E-state index contributed by atoms with van der Waals surface area (Å²) in [6.45, 7) is 5.54. The second-order valence-electron chi connectivity index (χ2n) is 5.59. The summed E-state index contributed by atoms with van der Waals surface area (Å²) >= 11 is 0. The molecule has 1 rings (SSSR count). The number of halogens is 2. The first-order valence-electron chi connectivity index (χ1n) is 7.44. The summed E-state index contributed by atoms with van der Waals surface area (Å²) in [6.07, 6.45) is 0.450. The van der Waals surface area contributed by atoms with E-state index in [4.69, 9.17) is 0 Å². The summed E-state index contributed by atoms with van der Waals surface area (Å²) < 4.78 is 26.8. The summed E-state index contributed by atoms with van der Waals surface area (Å²) in [5.74, 6) is -1.86. The van der Waals surface area contributed by atoms with Crippen LogP contribution >= 0.6 is 0 Å². The topological polar surface area (TPSA) is 26.7 Å². The smallest absolute Gasteiger partial charge is 0.164 e. The van der Waals surface area contributed by atoms with Crippen LogP contribution in [0.5, 0.6) is 0 Å². The number of rotatable bonds is 9. The third-order valence-electron chi connectivity index (χ3n) is 3.46. The zero-order valence-electron chi connectivity index (χ0n) is 13.1. The molecule has 1 N–H and O–H groups in total. The fourth-order valence-corrected chi connectivity index (χ4v) is 2.23. The maximum atomic E-state index is 13.6. The van der Waals surface area contributed by atoms with Crippen molar-refractivity contribution in [2.24, 2.45) is 0 Å². The Morgan fingerprint density at radius 1 is 1.10 bits per heavy atom. The second kappa shape index (κ2) is 9.07. The molecule has 0 saturated carbocycles. The lowest BCUT2D eigenvalue weighted by Gasteiger charge is -2.24. The number of aliphatic hydroxyl groups excluding tert-OH is 1. The minimum atomic E-state index is -0.973. The van der Waals surface area contributed by atoms with Crippen LogP contribution in [0.4, 0.5) is 8.78 Å². The van der Waals surface area contributed by atoms with Gasteiger partial charge in [-0.25, -0.2) is 8.78 Å². The molecule has 0 bridgehead atoms. The number of aliphatic hydroxyl groups is 1. The largest absolute Gasteiger partial charge is 0.388 e. The van der Waals surface area contributed by atoms with Crippen molar-refractivity contribution in [3.63, 3.8) is 0 Å². The molecule has 1 atom stereocenters. The molecule has 21 heavy (non-hydrogen) atoms. The quantitative estimate of drug-likeness (QED) is 0.759. The van der Waals surface area contributed by atoms with E-state index >= 15 is 0 Å². The highest BCUT2D eigenvalue weighted by molar-refractivity contribution is 5.21. The van der Waals surface area contributed by atoms with Crippen molar-refractivity contribution in [2.75, 3.05) is 40.3 Å². The SMILES string of the molecule is CCCN(CCC(O)c1cccc(F)c1F)CCN(C)C. The number of likely N-dealkylation sites (N-methyl/N-ethyl adjacent to an activating group) is 1. The van der Waals surface area contributed by atoms with Crippen molar-refractivity contribution >= 4 is 0 Å². The minimum absolute atomic E-state index is 0.0408. The van der Waals surface area contributed by atoms with E-state index in [0.29, 0.717) is 13.0 Å². The molecule has 120 valence electrons. The Hall–Kier alpha value is -1.04. The Morgan fingerprint density at radius 2 is 1.81 bits per heavy atom. The molecule has 3 nitrogen and oxygen atoms in total. The highest BCUT2D eigenvalue weighted by Gasteiger charge is 2.17. The number of hydrogen-bond donors (Lipinski definition) is 1. The Morgan fingerprint density at radius 3 is 2.43 bits per heavy atom. The highest BCUT2D eigenvalue weighted by atomic mass is 19.2. The van der Waals surface area contributed by atoms with Gasteiger partial charge in [0.05, 0.1) is 6.10 Å². The molecular formula is C16H26F2N2O. The molecule has 0 aromatic heterocycles. The van der Waals surface area contributed by atoms with Crippen LogP contribution in [0.2, 0.25) is 0 Å². The maximum Gasteiger partial charge on any atom is 0.164 e. The van der Waals surface area contributed by atoms with Gasteiger partial charge in [0.1, 0.15) is 0 Å². The highest BCUT2D eigenvalue weighted by Crippen LogP contribution is 2.22. The maximum absolute atomic E-state index is 13.6. The molecule has 0 fully saturated rings. The van der Waals surface area contributed by atoms with Crippen LogP contribution < -0.4 is 0 Å². The molecule has 0 amide bonds. The number of hydrogen-bond acceptors (Lipinski definition) is 3. The summed E-state index contributed by atoms with van der Waals surface area (Å²) in [5, 5.41) is 10.1. The van der Waals surface area contributed by atoms with Crippen LogP contribution in [0.1, 0.15) is 31.4 Å². The molecule has 5 heteroatoms. The molecule has 1 aromatic carbocycles. The van der Waals surface area contributed by atoms with E-state index < -0.39 is 17.7 Å². The van der Waals surface area contributed by atoms with E-state index in [1.807, 2.05) is 14.1 Å². The first kappa shape index (κ1) is 18.0. The fourth-order valence-electron chi connectivity index (χ4n) is 2.23. The summed E-state index contributed by atoms with van der Waals surface area (Å²) in [6, 6.07) is 3.92. The van der Waals surface area contributed by atoms with Gasteiger partial charge in [0.15, 0.2) is 11.6 Å². The lowest BCUT2D eigenvalue weighted by Crippen LogP contribution is -2.33. The third-order valence-corrected chi connectivity index (χ3v) is 3.46. The fraction of sp³-hybridized carbons (Fsp3) is 0.625. The first-order valence-corrected chi connectivity index (χ1v) is 7.44. The average molecular weight is 300 g/mol. The normalized spacial score (nSPS) is 13.1. The van der Waals surface area contributed by atoms with E-state index in [0.717, 1.165) is 32.1 Å². The summed E-state index contributed by atoms with van der Waals surface area (Å²) in [7, 11) is 4.03. The molecule has 0 aliphatic heterocycles. The van der Waals surface area contributed by atoms with E-state index in [9.17, 15) is 13.9 Å². The number of nitrogens with zero attached hydrogens (tertiary/aromatic N) is 2. The lowest BCUT2D eigenvalue weighted by molar-refractivity contribution is 0.134. The summed E-state index contributed by atoms with van der Waals surface area (Å²) in [5.41, 5.74) is 0.0408. The van der Waals surface area contributed by atoms with Crippen molar-refractivity contribution in [3.05, 3.63) is 35.4 Å². The number of benzene rings is 1. The third kappa shape index (κ3) is 6.08. The molecule has 1 aromatic rings. The van der Waals surface area contributed by atoms with Gasteiger partial charge in [0.25, 0.3) is 0 Å². The van der Waals surface area contributed by atoms with Crippen LogP contribution in [-0.4, -0.2) is 55.2 Å². The van der Waals surface area contributed by atoms with Crippen LogP contribution in [0, 0.1) is 11.6 Å². The molecule has 0 radical (unpaired) electrons. The van der Waals surface area contributed by atoms with Crippen molar-refractivity contribution in [3.8, 4) is 0 Å². The molecule has 0 heterocycles. The standard InChI is InChI=1S/C16H26F2N2O/c1-4-9-20(12-11-19(2)3)10-8-15(21)13-6-5-7-14(17)16(13)18/h5-7,15,21H,4,8-12H2,1-3H3. The predicted octanol–water partition coefficient (Wildman–Crippen LogP) is 2.66. The van der Waals surface area contributed by atoms with Gasteiger partial charge in [-0.2, -0.15) is 0 Å². The van der Waals surface area contributed by atoms with Crippen molar-refractivity contribution < 1.29 is 13.9 Å². The Kier molecular flexibility index (Phi) is 7.78. The van der Waals surface area contributed by atoms with Crippen molar-refractivity contribution in [1.29, 1.82) is 0 Å². The van der Waals surface area contributed by atoms with Crippen LogP contribution in [0.3, 0.4) is 0 Å². The van der Waals surface area contributed by atoms with Gasteiger partial charge in [-0.1, -0.05) is 19.1 Å². The zero-order chi connectivity index (χ0) is 15.8. The molecule has 0 aliphatic carbocycles. The molecule has 0 saturated heterocycles. The van der Waals surface area contributed by atoms with Gasteiger partial charge in [-0.3, -0.25) is 0 Å². The van der Waals surface area contributed by atoms with Crippen LogP contribution in [-0.2, 0) is 0 Å².